The van der Waals surface area contributed by atoms with E-state index in [-0.39, 0.29) is 11.3 Å². The van der Waals surface area contributed by atoms with Gasteiger partial charge in [0.25, 0.3) is 0 Å². The molecule has 2 N–H and O–H groups in total. The van der Waals surface area contributed by atoms with Crippen molar-refractivity contribution in [2.45, 2.75) is 6.18 Å². The van der Waals surface area contributed by atoms with E-state index in [4.69, 9.17) is 10.2 Å². The largest absolute Gasteiger partial charge is 0.508 e. The van der Waals surface area contributed by atoms with Gasteiger partial charge >= 0.3 is 12.1 Å². The molecule has 0 amide bonds. The quantitative estimate of drug-likeness (QED) is 0.881. The highest BCUT2D eigenvalue weighted by Gasteiger charge is 2.31. The van der Waals surface area contributed by atoms with Crippen molar-refractivity contribution in [3.8, 4) is 16.9 Å². The third-order valence-electron chi connectivity index (χ3n) is 2.71. The second-order valence-corrected chi connectivity index (χ2v) is 4.15. The van der Waals surface area contributed by atoms with E-state index >= 15 is 0 Å². The minimum atomic E-state index is -4.63. The normalized spacial score (nSPS) is 11.3. The van der Waals surface area contributed by atoms with E-state index in [1.165, 1.54) is 24.3 Å². The lowest BCUT2D eigenvalue weighted by Gasteiger charge is -2.11. The molecule has 2 aromatic carbocycles. The van der Waals surface area contributed by atoms with E-state index in [2.05, 4.69) is 0 Å². The summed E-state index contributed by atoms with van der Waals surface area (Å²) in [6.45, 7) is 0. The molecule has 3 nitrogen and oxygen atoms in total. The Labute approximate surface area is 111 Å². The first-order valence-electron chi connectivity index (χ1n) is 5.52. The average molecular weight is 282 g/mol. The van der Waals surface area contributed by atoms with Crippen molar-refractivity contribution in [1.29, 1.82) is 0 Å². The molecule has 104 valence electrons. The fourth-order valence-corrected chi connectivity index (χ4v) is 1.74. The van der Waals surface area contributed by atoms with Crippen molar-refractivity contribution >= 4 is 5.97 Å². The number of benzene rings is 2. The number of aromatic carboxylic acids is 1. The molecule has 0 atom stereocenters. The molecule has 0 bridgehead atoms. The Kier molecular flexibility index (Phi) is 3.40. The van der Waals surface area contributed by atoms with Gasteiger partial charge < -0.3 is 10.2 Å². The Bertz CT molecular complexity index is 646. The first-order chi connectivity index (χ1) is 9.27. The number of carboxylic acid groups (broad SMARTS) is 1. The lowest BCUT2D eigenvalue weighted by molar-refractivity contribution is -0.137. The summed E-state index contributed by atoms with van der Waals surface area (Å²) in [6, 6.07) is 8.08. The number of phenols is 1. The van der Waals surface area contributed by atoms with E-state index in [0.29, 0.717) is 11.6 Å². The van der Waals surface area contributed by atoms with Gasteiger partial charge in [0, 0.05) is 0 Å². The molecule has 0 unspecified atom stereocenters. The Morgan fingerprint density at radius 2 is 1.55 bits per heavy atom. The molecule has 0 radical (unpaired) electrons. The summed E-state index contributed by atoms with van der Waals surface area (Å²) in [4.78, 5) is 10.9. The molecule has 0 aliphatic rings. The number of halogens is 3. The molecule has 0 fully saturated rings. The van der Waals surface area contributed by atoms with Crippen molar-refractivity contribution in [3.05, 3.63) is 53.6 Å². The number of aromatic hydroxyl groups is 1. The second-order valence-electron chi connectivity index (χ2n) is 4.15. The van der Waals surface area contributed by atoms with Crippen LogP contribution < -0.4 is 0 Å². The summed E-state index contributed by atoms with van der Waals surface area (Å²) in [5.41, 5.74) is -0.961. The van der Waals surface area contributed by atoms with Gasteiger partial charge in [-0.3, -0.25) is 0 Å². The van der Waals surface area contributed by atoms with Crippen LogP contribution in [0.25, 0.3) is 11.1 Å². The minimum Gasteiger partial charge on any atom is -0.508 e. The summed E-state index contributed by atoms with van der Waals surface area (Å²) in [5.74, 6) is -1.46. The first-order valence-corrected chi connectivity index (χ1v) is 5.52. The topological polar surface area (TPSA) is 57.5 Å². The SMILES string of the molecule is O=C(O)c1cc(-c2ccc(O)cc2)cc(C(F)(F)F)c1. The number of hydrogen-bond donors (Lipinski definition) is 2. The molecule has 2 rings (SSSR count). The van der Waals surface area contributed by atoms with Crippen LogP contribution in [0.3, 0.4) is 0 Å². The number of carbonyl (C=O) groups is 1. The van der Waals surface area contributed by atoms with Crippen LogP contribution in [-0.4, -0.2) is 16.2 Å². The lowest BCUT2D eigenvalue weighted by Crippen LogP contribution is -2.08. The zero-order valence-electron chi connectivity index (χ0n) is 9.98. The van der Waals surface area contributed by atoms with Crippen molar-refractivity contribution in [1.82, 2.24) is 0 Å². The fraction of sp³-hybridized carbons (Fsp3) is 0.0714. The maximum atomic E-state index is 12.8. The predicted molar refractivity (Wildman–Crippen MR) is 65.5 cm³/mol. The molecular formula is C14H9F3O3. The Morgan fingerprint density at radius 1 is 0.950 bits per heavy atom. The maximum Gasteiger partial charge on any atom is 0.416 e. The number of hydrogen-bond acceptors (Lipinski definition) is 2. The van der Waals surface area contributed by atoms with Gasteiger partial charge in [-0.1, -0.05) is 12.1 Å². The van der Waals surface area contributed by atoms with Gasteiger partial charge in [-0.05, 0) is 41.5 Å². The Morgan fingerprint density at radius 3 is 2.05 bits per heavy atom. The van der Waals surface area contributed by atoms with E-state index in [1.54, 1.807) is 0 Å². The van der Waals surface area contributed by atoms with Crippen LogP contribution in [0.5, 0.6) is 5.75 Å². The van der Waals surface area contributed by atoms with Gasteiger partial charge in [-0.15, -0.1) is 0 Å². The smallest absolute Gasteiger partial charge is 0.416 e. The Balaban J connectivity index is 2.60. The van der Waals surface area contributed by atoms with Gasteiger partial charge in [0.1, 0.15) is 5.75 Å². The fourth-order valence-electron chi connectivity index (χ4n) is 1.74. The van der Waals surface area contributed by atoms with Crippen LogP contribution in [0.15, 0.2) is 42.5 Å². The van der Waals surface area contributed by atoms with E-state index in [0.717, 1.165) is 12.1 Å². The molecule has 0 aliphatic heterocycles. The predicted octanol–water partition coefficient (Wildman–Crippen LogP) is 3.78. The molecule has 0 spiro atoms. The van der Waals surface area contributed by atoms with Crippen LogP contribution >= 0.6 is 0 Å². The number of phenolic OH excluding ortho intramolecular Hbond substituents is 1. The molecule has 0 aliphatic carbocycles. The molecule has 0 aromatic heterocycles. The maximum absolute atomic E-state index is 12.8. The van der Waals surface area contributed by atoms with Crippen LogP contribution in [0.1, 0.15) is 15.9 Å². The molecule has 0 heterocycles. The van der Waals surface area contributed by atoms with E-state index in [9.17, 15) is 18.0 Å². The summed E-state index contributed by atoms with van der Waals surface area (Å²) in [6.07, 6.45) is -4.63. The number of carboxylic acids is 1. The minimum absolute atomic E-state index is 0.0285. The second kappa shape index (κ2) is 4.88. The van der Waals surface area contributed by atoms with Gasteiger partial charge in [-0.2, -0.15) is 13.2 Å². The molecule has 0 saturated heterocycles. The lowest BCUT2D eigenvalue weighted by atomic mass is 9.99. The Hall–Kier alpha value is -2.50. The standard InChI is InChI=1S/C14H9F3O3/c15-14(16,17)11-6-9(5-10(7-11)13(19)20)8-1-3-12(18)4-2-8/h1-7,18H,(H,19,20). The zero-order chi connectivity index (χ0) is 14.9. The third kappa shape index (κ3) is 2.90. The number of rotatable bonds is 2. The highest BCUT2D eigenvalue weighted by Crippen LogP contribution is 2.33. The van der Waals surface area contributed by atoms with Crippen LogP contribution in [0.4, 0.5) is 13.2 Å². The monoisotopic (exact) mass is 282 g/mol. The van der Waals surface area contributed by atoms with Gasteiger partial charge in [0.05, 0.1) is 11.1 Å². The third-order valence-corrected chi connectivity index (χ3v) is 2.71. The highest BCUT2D eigenvalue weighted by molar-refractivity contribution is 5.90. The molecule has 0 saturated carbocycles. The zero-order valence-corrected chi connectivity index (χ0v) is 9.98. The number of alkyl halides is 3. The van der Waals surface area contributed by atoms with Gasteiger partial charge in [-0.25, -0.2) is 4.79 Å². The highest BCUT2D eigenvalue weighted by atomic mass is 19.4. The first kappa shape index (κ1) is 13.9. The summed E-state index contributed by atoms with van der Waals surface area (Å²) < 4.78 is 38.3. The average Bonchev–Trinajstić information content (AvgIpc) is 2.38. The van der Waals surface area contributed by atoms with Gasteiger partial charge in [0.2, 0.25) is 0 Å². The van der Waals surface area contributed by atoms with Crippen molar-refractivity contribution in [2.75, 3.05) is 0 Å². The molecular weight excluding hydrogens is 273 g/mol. The van der Waals surface area contributed by atoms with Gasteiger partial charge in [0.15, 0.2) is 0 Å². The van der Waals surface area contributed by atoms with Crippen LogP contribution in [-0.2, 0) is 6.18 Å². The molecule has 6 heteroatoms. The van der Waals surface area contributed by atoms with Crippen molar-refractivity contribution < 1.29 is 28.2 Å². The van der Waals surface area contributed by atoms with Crippen molar-refractivity contribution in [2.24, 2.45) is 0 Å². The van der Waals surface area contributed by atoms with E-state index < -0.39 is 23.3 Å². The summed E-state index contributed by atoms with van der Waals surface area (Å²) in [5, 5.41) is 18.0. The molecule has 20 heavy (non-hydrogen) atoms. The van der Waals surface area contributed by atoms with E-state index in [1.807, 2.05) is 0 Å². The summed E-state index contributed by atoms with van der Waals surface area (Å²) >= 11 is 0. The van der Waals surface area contributed by atoms with Crippen LogP contribution in [0, 0.1) is 0 Å². The van der Waals surface area contributed by atoms with Crippen LogP contribution in [0.2, 0.25) is 0 Å². The van der Waals surface area contributed by atoms with Crippen molar-refractivity contribution in [3.63, 3.8) is 0 Å². The summed E-state index contributed by atoms with van der Waals surface area (Å²) in [7, 11) is 0. The molecule has 2 aromatic rings.